The maximum absolute atomic E-state index is 12.1. The third-order valence-corrected chi connectivity index (χ3v) is 4.95. The highest BCUT2D eigenvalue weighted by molar-refractivity contribution is 5.91. The fraction of sp³-hybridized carbons (Fsp3) is 0.833. The van der Waals surface area contributed by atoms with Crippen LogP contribution in [-0.2, 0) is 14.3 Å². The number of hydrogen-bond donors (Lipinski definition) is 1. The van der Waals surface area contributed by atoms with E-state index in [0.717, 1.165) is 12.8 Å². The Kier molecular flexibility index (Phi) is 2.30. The monoisotopic (exact) mass is 225 g/mol. The second-order valence-corrected chi connectivity index (χ2v) is 5.67. The normalized spacial score (nSPS) is 40.4. The minimum atomic E-state index is -0.469. The van der Waals surface area contributed by atoms with E-state index >= 15 is 0 Å². The van der Waals surface area contributed by atoms with E-state index in [1.807, 2.05) is 6.92 Å². The molecule has 2 bridgehead atoms. The van der Waals surface area contributed by atoms with Crippen molar-refractivity contribution in [3.05, 3.63) is 0 Å². The molecule has 1 aliphatic heterocycles. The van der Waals surface area contributed by atoms with Gasteiger partial charge >= 0.3 is 5.97 Å². The number of ether oxygens (including phenoxy) is 1. The van der Waals surface area contributed by atoms with E-state index in [4.69, 9.17) is 4.74 Å². The summed E-state index contributed by atoms with van der Waals surface area (Å²) in [4.78, 5) is 23.8. The van der Waals surface area contributed by atoms with Crippen LogP contribution in [0.5, 0.6) is 0 Å². The molecule has 2 fully saturated rings. The number of esters is 1. The zero-order valence-corrected chi connectivity index (χ0v) is 10.3. The predicted octanol–water partition coefficient (Wildman–Crippen LogP) is 1.10. The van der Waals surface area contributed by atoms with Gasteiger partial charge in [0.25, 0.3) is 0 Å². The maximum atomic E-state index is 12.1. The first kappa shape index (κ1) is 11.4. The van der Waals surface area contributed by atoms with Crippen LogP contribution in [-0.4, -0.2) is 25.0 Å². The summed E-state index contributed by atoms with van der Waals surface area (Å²) in [5.74, 6) is -0.153. The summed E-state index contributed by atoms with van der Waals surface area (Å²) in [7, 11) is 1.37. The molecule has 90 valence electrons. The summed E-state index contributed by atoms with van der Waals surface area (Å²) < 4.78 is 4.76. The van der Waals surface area contributed by atoms with Gasteiger partial charge in [-0.15, -0.1) is 0 Å². The maximum Gasteiger partial charge on any atom is 0.328 e. The summed E-state index contributed by atoms with van der Waals surface area (Å²) in [5, 5.41) is 2.81. The lowest BCUT2D eigenvalue weighted by Crippen LogP contribution is -2.61. The van der Waals surface area contributed by atoms with E-state index in [1.165, 1.54) is 7.11 Å². The molecule has 3 atom stereocenters. The van der Waals surface area contributed by atoms with Gasteiger partial charge in [-0.3, -0.25) is 4.79 Å². The predicted molar refractivity (Wildman–Crippen MR) is 58.6 cm³/mol. The Hall–Kier alpha value is -1.06. The fourth-order valence-electron chi connectivity index (χ4n) is 3.28. The van der Waals surface area contributed by atoms with Crippen LogP contribution < -0.4 is 5.32 Å². The molecule has 2 rings (SSSR count). The van der Waals surface area contributed by atoms with Gasteiger partial charge in [-0.2, -0.15) is 0 Å². The minimum Gasteiger partial charge on any atom is -0.467 e. The molecule has 4 heteroatoms. The largest absolute Gasteiger partial charge is 0.467 e. The van der Waals surface area contributed by atoms with Crippen molar-refractivity contribution >= 4 is 11.9 Å². The summed E-state index contributed by atoms with van der Waals surface area (Å²) in [6.07, 6.45) is 1.76. The molecule has 0 radical (unpaired) electrons. The lowest BCUT2D eigenvalue weighted by molar-refractivity contribution is -0.157. The second-order valence-electron chi connectivity index (χ2n) is 5.67. The average molecular weight is 225 g/mol. The van der Waals surface area contributed by atoms with E-state index in [9.17, 15) is 9.59 Å². The second kappa shape index (κ2) is 3.22. The first-order valence-electron chi connectivity index (χ1n) is 5.73. The standard InChI is InChI=1S/C12H19NO3/c1-11(2)7-5-6-12(11,3)10(15)13-8(7)9(14)16-4/h7-8H,5-6H2,1-4H3,(H,13,15)/t7-,8+,12-/m0/s1. The van der Waals surface area contributed by atoms with Crippen molar-refractivity contribution in [2.45, 2.75) is 39.7 Å². The van der Waals surface area contributed by atoms with Gasteiger partial charge < -0.3 is 10.1 Å². The molecule has 1 saturated heterocycles. The highest BCUT2D eigenvalue weighted by atomic mass is 16.5. The molecule has 0 unspecified atom stereocenters. The van der Waals surface area contributed by atoms with Gasteiger partial charge in [-0.05, 0) is 24.2 Å². The van der Waals surface area contributed by atoms with Crippen molar-refractivity contribution in [3.63, 3.8) is 0 Å². The summed E-state index contributed by atoms with van der Waals surface area (Å²) >= 11 is 0. The minimum absolute atomic E-state index is 0.0124. The number of amides is 1. The molecule has 16 heavy (non-hydrogen) atoms. The van der Waals surface area contributed by atoms with E-state index < -0.39 is 6.04 Å². The van der Waals surface area contributed by atoms with Gasteiger partial charge in [0.15, 0.2) is 0 Å². The molecule has 1 heterocycles. The smallest absolute Gasteiger partial charge is 0.328 e. The number of carbonyl (C=O) groups excluding carboxylic acids is 2. The number of hydrogen-bond acceptors (Lipinski definition) is 3. The molecule has 2 aliphatic rings. The quantitative estimate of drug-likeness (QED) is 0.680. The number of piperidine rings is 1. The van der Waals surface area contributed by atoms with Crippen LogP contribution in [0.25, 0.3) is 0 Å². The molecule has 1 amide bonds. The first-order chi connectivity index (χ1) is 7.34. The van der Waals surface area contributed by atoms with Crippen molar-refractivity contribution in [1.82, 2.24) is 5.32 Å². The van der Waals surface area contributed by atoms with Crippen LogP contribution in [0.3, 0.4) is 0 Å². The van der Waals surface area contributed by atoms with Crippen molar-refractivity contribution in [2.75, 3.05) is 7.11 Å². The number of rotatable bonds is 1. The van der Waals surface area contributed by atoms with E-state index in [0.29, 0.717) is 0 Å². The molecule has 4 nitrogen and oxygen atoms in total. The Labute approximate surface area is 95.7 Å². The van der Waals surface area contributed by atoms with Gasteiger partial charge in [-0.1, -0.05) is 20.8 Å². The topological polar surface area (TPSA) is 55.4 Å². The van der Waals surface area contributed by atoms with Crippen molar-refractivity contribution in [2.24, 2.45) is 16.7 Å². The van der Waals surface area contributed by atoms with Crippen LogP contribution in [0.4, 0.5) is 0 Å². The fourth-order valence-corrected chi connectivity index (χ4v) is 3.28. The first-order valence-corrected chi connectivity index (χ1v) is 5.73. The van der Waals surface area contributed by atoms with Crippen molar-refractivity contribution < 1.29 is 14.3 Å². The molecule has 1 N–H and O–H groups in total. The third-order valence-electron chi connectivity index (χ3n) is 4.95. The zero-order valence-electron chi connectivity index (χ0n) is 10.3. The number of carbonyl (C=O) groups is 2. The highest BCUT2D eigenvalue weighted by Crippen LogP contribution is 2.59. The molecule has 1 saturated carbocycles. The summed E-state index contributed by atoms with van der Waals surface area (Å²) in [6, 6.07) is -0.469. The van der Waals surface area contributed by atoms with Crippen molar-refractivity contribution in [1.29, 1.82) is 0 Å². The Morgan fingerprint density at radius 2 is 2.06 bits per heavy atom. The molecular formula is C12H19NO3. The van der Waals surface area contributed by atoms with Gasteiger partial charge in [0.2, 0.25) is 5.91 Å². The Balaban J connectivity index is 2.38. The number of fused-ring (bicyclic) bond motifs is 2. The summed E-state index contributed by atoms with van der Waals surface area (Å²) in [5.41, 5.74) is -0.490. The Morgan fingerprint density at radius 3 is 2.62 bits per heavy atom. The average Bonchev–Trinajstić information content (AvgIpc) is 2.38. The van der Waals surface area contributed by atoms with Crippen LogP contribution in [0.1, 0.15) is 33.6 Å². The van der Waals surface area contributed by atoms with Crippen LogP contribution in [0, 0.1) is 16.7 Å². The Morgan fingerprint density at radius 1 is 1.44 bits per heavy atom. The van der Waals surface area contributed by atoms with Gasteiger partial charge in [0.1, 0.15) is 6.04 Å². The van der Waals surface area contributed by atoms with E-state index in [2.05, 4.69) is 19.2 Å². The zero-order chi connectivity index (χ0) is 12.1. The van der Waals surface area contributed by atoms with Gasteiger partial charge in [0.05, 0.1) is 12.5 Å². The van der Waals surface area contributed by atoms with E-state index in [-0.39, 0.29) is 28.6 Å². The SMILES string of the molecule is COC(=O)[C@@H]1NC(=O)[C@]2(C)CC[C@@H]1C2(C)C. The van der Waals surface area contributed by atoms with Crippen molar-refractivity contribution in [3.8, 4) is 0 Å². The lowest BCUT2D eigenvalue weighted by Gasteiger charge is -2.47. The molecule has 0 spiro atoms. The van der Waals surface area contributed by atoms with Gasteiger partial charge in [0, 0.05) is 0 Å². The van der Waals surface area contributed by atoms with E-state index in [1.54, 1.807) is 0 Å². The lowest BCUT2D eigenvalue weighted by atomic mass is 9.61. The highest BCUT2D eigenvalue weighted by Gasteiger charge is 2.63. The molecule has 0 aromatic carbocycles. The van der Waals surface area contributed by atoms with Crippen LogP contribution in [0.2, 0.25) is 0 Å². The molecule has 0 aromatic heterocycles. The molecular weight excluding hydrogens is 206 g/mol. The summed E-state index contributed by atoms with van der Waals surface area (Å²) in [6.45, 7) is 6.16. The third kappa shape index (κ3) is 1.16. The number of methoxy groups -OCH3 is 1. The number of nitrogens with one attached hydrogen (secondary N) is 1. The van der Waals surface area contributed by atoms with Crippen LogP contribution in [0.15, 0.2) is 0 Å². The molecule has 1 aliphatic carbocycles. The van der Waals surface area contributed by atoms with Crippen LogP contribution >= 0.6 is 0 Å². The van der Waals surface area contributed by atoms with Gasteiger partial charge in [-0.25, -0.2) is 4.79 Å². The Bertz CT molecular complexity index is 350. The molecule has 0 aromatic rings.